The highest BCUT2D eigenvalue weighted by Gasteiger charge is 2.12. The Morgan fingerprint density at radius 3 is 2.86 bits per heavy atom. The Kier molecular flexibility index (Phi) is 5.00. The molecule has 0 aliphatic carbocycles. The van der Waals surface area contributed by atoms with E-state index < -0.39 is 0 Å². The van der Waals surface area contributed by atoms with Gasteiger partial charge in [0.25, 0.3) is 5.91 Å². The fourth-order valence-corrected chi connectivity index (χ4v) is 1.87. The summed E-state index contributed by atoms with van der Waals surface area (Å²) in [6.07, 6.45) is 1.46. The van der Waals surface area contributed by atoms with Crippen LogP contribution in [0, 0.1) is 0 Å². The molecule has 0 aliphatic heterocycles. The summed E-state index contributed by atoms with van der Waals surface area (Å²) in [5, 5.41) is 0.614. The van der Waals surface area contributed by atoms with Crippen molar-refractivity contribution in [3.05, 3.63) is 53.3 Å². The van der Waals surface area contributed by atoms with Crippen LogP contribution in [0.1, 0.15) is 10.5 Å². The van der Waals surface area contributed by atoms with E-state index >= 15 is 0 Å². The van der Waals surface area contributed by atoms with Gasteiger partial charge in [-0.15, -0.1) is 0 Å². The van der Waals surface area contributed by atoms with Crippen LogP contribution in [0.25, 0.3) is 0 Å². The molecule has 1 heterocycles. The third-order valence-electron chi connectivity index (χ3n) is 2.84. The number of anilines is 1. The summed E-state index contributed by atoms with van der Waals surface area (Å²) in [5.74, 6) is 0.499. The third kappa shape index (κ3) is 4.36. The standard InChI is InChI=1S/C15H16ClN3O2/c1-19(15(20)14-6-5-12(17)10-18-14)7-8-21-13-4-2-3-11(16)9-13/h2-6,9-10H,7-8,17H2,1H3. The van der Waals surface area contributed by atoms with Crippen molar-refractivity contribution in [2.45, 2.75) is 0 Å². The molecule has 0 bridgehead atoms. The van der Waals surface area contributed by atoms with Gasteiger partial charge in [-0.05, 0) is 30.3 Å². The van der Waals surface area contributed by atoms with Crippen LogP contribution < -0.4 is 10.5 Å². The first-order valence-electron chi connectivity index (χ1n) is 6.41. The average molecular weight is 306 g/mol. The van der Waals surface area contributed by atoms with Crippen molar-refractivity contribution in [3.63, 3.8) is 0 Å². The van der Waals surface area contributed by atoms with Crippen LogP contribution in [0.3, 0.4) is 0 Å². The topological polar surface area (TPSA) is 68.5 Å². The predicted molar refractivity (Wildman–Crippen MR) is 82.6 cm³/mol. The van der Waals surface area contributed by atoms with Crippen LogP contribution in [0.4, 0.5) is 5.69 Å². The minimum Gasteiger partial charge on any atom is -0.492 e. The molecule has 2 N–H and O–H groups in total. The predicted octanol–water partition coefficient (Wildman–Crippen LogP) is 2.47. The van der Waals surface area contributed by atoms with E-state index in [1.807, 2.05) is 12.1 Å². The Morgan fingerprint density at radius 2 is 2.19 bits per heavy atom. The van der Waals surface area contributed by atoms with Gasteiger partial charge in [-0.2, -0.15) is 0 Å². The molecule has 0 aliphatic rings. The van der Waals surface area contributed by atoms with Gasteiger partial charge in [-0.1, -0.05) is 17.7 Å². The van der Waals surface area contributed by atoms with E-state index in [9.17, 15) is 4.79 Å². The first-order valence-corrected chi connectivity index (χ1v) is 6.79. The molecule has 1 aromatic heterocycles. The van der Waals surface area contributed by atoms with E-state index in [0.29, 0.717) is 35.3 Å². The van der Waals surface area contributed by atoms with Gasteiger partial charge in [0.2, 0.25) is 0 Å². The Hall–Kier alpha value is -2.27. The van der Waals surface area contributed by atoms with Crippen molar-refractivity contribution < 1.29 is 9.53 Å². The zero-order chi connectivity index (χ0) is 15.2. The number of carbonyl (C=O) groups is 1. The smallest absolute Gasteiger partial charge is 0.272 e. The first-order chi connectivity index (χ1) is 10.1. The largest absolute Gasteiger partial charge is 0.492 e. The van der Waals surface area contributed by atoms with Crippen molar-refractivity contribution in [1.82, 2.24) is 9.88 Å². The molecule has 0 atom stereocenters. The summed E-state index contributed by atoms with van der Waals surface area (Å²) >= 11 is 5.87. The van der Waals surface area contributed by atoms with E-state index in [1.54, 1.807) is 36.2 Å². The molecule has 0 fully saturated rings. The van der Waals surface area contributed by atoms with Crippen molar-refractivity contribution in [2.24, 2.45) is 0 Å². The maximum absolute atomic E-state index is 12.1. The molecule has 1 amide bonds. The van der Waals surface area contributed by atoms with Gasteiger partial charge in [0.1, 0.15) is 18.1 Å². The lowest BCUT2D eigenvalue weighted by molar-refractivity contribution is 0.0768. The Balaban J connectivity index is 1.85. The molecule has 0 spiro atoms. The number of carbonyl (C=O) groups excluding carboxylic acids is 1. The van der Waals surface area contributed by atoms with Gasteiger partial charge in [-0.3, -0.25) is 4.79 Å². The number of ether oxygens (including phenoxy) is 1. The van der Waals surface area contributed by atoms with Crippen molar-refractivity contribution >= 4 is 23.2 Å². The number of hydrogen-bond acceptors (Lipinski definition) is 4. The molecule has 6 heteroatoms. The summed E-state index contributed by atoms with van der Waals surface area (Å²) in [7, 11) is 1.70. The van der Waals surface area contributed by atoms with E-state index in [1.165, 1.54) is 6.20 Å². The summed E-state index contributed by atoms with van der Waals surface area (Å²) in [6.45, 7) is 0.814. The molecule has 5 nitrogen and oxygen atoms in total. The van der Waals surface area contributed by atoms with Gasteiger partial charge in [0.05, 0.1) is 18.4 Å². The lowest BCUT2D eigenvalue weighted by Crippen LogP contribution is -2.31. The van der Waals surface area contributed by atoms with E-state index in [2.05, 4.69) is 4.98 Å². The molecule has 0 saturated heterocycles. The number of nitrogen functional groups attached to an aromatic ring is 1. The van der Waals surface area contributed by atoms with Gasteiger partial charge in [0.15, 0.2) is 0 Å². The van der Waals surface area contributed by atoms with Crippen LogP contribution in [-0.2, 0) is 0 Å². The van der Waals surface area contributed by atoms with E-state index in [-0.39, 0.29) is 5.91 Å². The maximum Gasteiger partial charge on any atom is 0.272 e. The number of halogens is 1. The zero-order valence-corrected chi connectivity index (χ0v) is 12.4. The Morgan fingerprint density at radius 1 is 1.38 bits per heavy atom. The fraction of sp³-hybridized carbons (Fsp3) is 0.200. The zero-order valence-electron chi connectivity index (χ0n) is 11.6. The highest BCUT2D eigenvalue weighted by molar-refractivity contribution is 6.30. The second-order valence-electron chi connectivity index (χ2n) is 4.51. The fourth-order valence-electron chi connectivity index (χ4n) is 1.69. The summed E-state index contributed by atoms with van der Waals surface area (Å²) in [5.41, 5.74) is 6.42. The number of nitrogens with zero attached hydrogens (tertiary/aromatic N) is 2. The minimum absolute atomic E-state index is 0.176. The summed E-state index contributed by atoms with van der Waals surface area (Å²) in [6, 6.07) is 10.4. The van der Waals surface area contributed by atoms with Crippen LogP contribution in [-0.4, -0.2) is 36.0 Å². The third-order valence-corrected chi connectivity index (χ3v) is 3.08. The second-order valence-corrected chi connectivity index (χ2v) is 4.95. The summed E-state index contributed by atoms with van der Waals surface area (Å²) < 4.78 is 5.54. The molecule has 0 unspecified atom stereocenters. The second kappa shape index (κ2) is 6.95. The number of rotatable bonds is 5. The van der Waals surface area contributed by atoms with Crippen LogP contribution in [0.5, 0.6) is 5.75 Å². The highest BCUT2D eigenvalue weighted by Crippen LogP contribution is 2.16. The number of hydrogen-bond donors (Lipinski definition) is 1. The molecule has 0 saturated carbocycles. The SMILES string of the molecule is CN(CCOc1cccc(Cl)c1)C(=O)c1ccc(N)cn1. The van der Waals surface area contributed by atoms with E-state index in [4.69, 9.17) is 22.1 Å². The lowest BCUT2D eigenvalue weighted by Gasteiger charge is -2.17. The quantitative estimate of drug-likeness (QED) is 0.921. The molecule has 2 aromatic rings. The first kappa shape index (κ1) is 15.1. The average Bonchev–Trinajstić information content (AvgIpc) is 2.47. The molecule has 1 aromatic carbocycles. The van der Waals surface area contributed by atoms with Gasteiger partial charge in [-0.25, -0.2) is 4.98 Å². The van der Waals surface area contributed by atoms with Crippen LogP contribution in [0.15, 0.2) is 42.6 Å². The number of aromatic nitrogens is 1. The Labute approximate surface area is 128 Å². The normalized spacial score (nSPS) is 10.2. The van der Waals surface area contributed by atoms with Crippen molar-refractivity contribution in [2.75, 3.05) is 25.9 Å². The maximum atomic E-state index is 12.1. The minimum atomic E-state index is -0.176. The molecular formula is C15H16ClN3O2. The highest BCUT2D eigenvalue weighted by atomic mass is 35.5. The van der Waals surface area contributed by atoms with Gasteiger partial charge in [0, 0.05) is 12.1 Å². The molecule has 21 heavy (non-hydrogen) atoms. The number of pyridine rings is 1. The van der Waals surface area contributed by atoms with Crippen LogP contribution in [0.2, 0.25) is 5.02 Å². The molecule has 0 radical (unpaired) electrons. The molecule has 2 rings (SSSR count). The van der Waals surface area contributed by atoms with Gasteiger partial charge >= 0.3 is 0 Å². The van der Waals surface area contributed by atoms with Crippen molar-refractivity contribution in [1.29, 1.82) is 0 Å². The molecular weight excluding hydrogens is 290 g/mol. The van der Waals surface area contributed by atoms with Crippen molar-refractivity contribution in [3.8, 4) is 5.75 Å². The summed E-state index contributed by atoms with van der Waals surface area (Å²) in [4.78, 5) is 17.6. The van der Waals surface area contributed by atoms with Gasteiger partial charge < -0.3 is 15.4 Å². The number of likely N-dealkylation sites (N-methyl/N-ethyl adjacent to an activating group) is 1. The Bertz CT molecular complexity index is 617. The number of benzene rings is 1. The monoisotopic (exact) mass is 305 g/mol. The molecule has 110 valence electrons. The lowest BCUT2D eigenvalue weighted by atomic mass is 10.3. The number of nitrogens with two attached hydrogens (primary N) is 1. The van der Waals surface area contributed by atoms with E-state index in [0.717, 1.165) is 0 Å². The van der Waals surface area contributed by atoms with Crippen LogP contribution >= 0.6 is 11.6 Å². The number of amides is 1.